The molecule has 1 heterocycles. The third-order valence-electron chi connectivity index (χ3n) is 2.72. The molecule has 0 saturated heterocycles. The van der Waals surface area contributed by atoms with E-state index in [9.17, 15) is 8.78 Å². The molecule has 0 aliphatic heterocycles. The van der Waals surface area contributed by atoms with Crippen LogP contribution in [0.5, 0.6) is 0 Å². The van der Waals surface area contributed by atoms with E-state index in [0.29, 0.717) is 5.82 Å². The van der Waals surface area contributed by atoms with Crippen LogP contribution in [0.15, 0.2) is 18.2 Å². The Kier molecular flexibility index (Phi) is 3.22. The van der Waals surface area contributed by atoms with Crippen molar-refractivity contribution in [2.45, 2.75) is 19.8 Å². The molecule has 0 radical (unpaired) electrons. The van der Waals surface area contributed by atoms with Gasteiger partial charge in [0.2, 0.25) is 0 Å². The first kappa shape index (κ1) is 11.8. The number of benzene rings is 1. The molecule has 0 atom stereocenters. The summed E-state index contributed by atoms with van der Waals surface area (Å²) in [6.45, 7) is 2.03. The number of aromatic nitrogens is 1. The minimum Gasteiger partial charge on any atom is -0.373 e. The second-order valence-electron chi connectivity index (χ2n) is 3.92. The average molecular weight is 236 g/mol. The molecule has 4 heteroatoms. The second kappa shape index (κ2) is 4.65. The highest BCUT2D eigenvalue weighted by Crippen LogP contribution is 2.25. The molecule has 90 valence electrons. The Morgan fingerprint density at radius 1 is 1.24 bits per heavy atom. The number of nitrogens with zero attached hydrogens (tertiary/aromatic N) is 1. The summed E-state index contributed by atoms with van der Waals surface area (Å²) >= 11 is 0. The summed E-state index contributed by atoms with van der Waals surface area (Å²) in [5, 5.41) is 3.16. The van der Waals surface area contributed by atoms with E-state index in [0.717, 1.165) is 30.5 Å². The topological polar surface area (TPSA) is 24.9 Å². The monoisotopic (exact) mass is 236 g/mol. The lowest BCUT2D eigenvalue weighted by Crippen LogP contribution is -2.01. The molecule has 2 aromatic rings. The fourth-order valence-corrected chi connectivity index (χ4v) is 1.91. The molecular formula is C13H14F2N2. The fourth-order valence-electron chi connectivity index (χ4n) is 1.91. The number of fused-ring (bicyclic) bond motifs is 1. The molecule has 0 fully saturated rings. The van der Waals surface area contributed by atoms with Crippen molar-refractivity contribution >= 4 is 16.7 Å². The molecule has 1 N–H and O–H groups in total. The number of hydrogen-bond donors (Lipinski definition) is 1. The van der Waals surface area contributed by atoms with E-state index >= 15 is 0 Å². The zero-order valence-electron chi connectivity index (χ0n) is 9.85. The van der Waals surface area contributed by atoms with Crippen LogP contribution in [0.4, 0.5) is 14.6 Å². The normalized spacial score (nSPS) is 10.8. The number of halogens is 2. The van der Waals surface area contributed by atoms with Gasteiger partial charge in [-0.15, -0.1) is 0 Å². The number of rotatable bonds is 3. The fraction of sp³-hybridized carbons (Fsp3) is 0.308. The Balaban J connectivity index is 2.73. The third-order valence-corrected chi connectivity index (χ3v) is 2.72. The van der Waals surface area contributed by atoms with Gasteiger partial charge in [0, 0.05) is 12.4 Å². The smallest absolute Gasteiger partial charge is 0.149 e. The van der Waals surface area contributed by atoms with Crippen LogP contribution in [0.1, 0.15) is 18.9 Å². The summed E-state index contributed by atoms with van der Waals surface area (Å²) < 4.78 is 27.1. The van der Waals surface area contributed by atoms with Crippen LogP contribution in [0.25, 0.3) is 10.9 Å². The lowest BCUT2D eigenvalue weighted by molar-refractivity contribution is 0.615. The summed E-state index contributed by atoms with van der Waals surface area (Å²) in [7, 11) is 1.73. The Morgan fingerprint density at radius 2 is 1.94 bits per heavy atom. The molecule has 1 aromatic carbocycles. The standard InChI is InChI=1S/C13H14F2N2/c1-3-4-8-7-9-10(14)5-6-11(15)12(9)17-13(8)16-2/h5-7H,3-4H2,1-2H3,(H,16,17). The SMILES string of the molecule is CCCc1cc2c(F)ccc(F)c2nc1NC. The van der Waals surface area contributed by atoms with Gasteiger partial charge in [-0.1, -0.05) is 13.3 Å². The van der Waals surface area contributed by atoms with Crippen LogP contribution >= 0.6 is 0 Å². The van der Waals surface area contributed by atoms with Gasteiger partial charge in [-0.2, -0.15) is 0 Å². The van der Waals surface area contributed by atoms with Crippen molar-refractivity contribution in [1.29, 1.82) is 0 Å². The van der Waals surface area contributed by atoms with Gasteiger partial charge in [0.15, 0.2) is 0 Å². The molecule has 0 aliphatic carbocycles. The predicted octanol–water partition coefficient (Wildman–Crippen LogP) is 3.51. The number of anilines is 1. The molecule has 2 rings (SSSR count). The van der Waals surface area contributed by atoms with Crippen LogP contribution in [0, 0.1) is 11.6 Å². The molecule has 1 aromatic heterocycles. The Labute approximate surface area is 98.7 Å². The number of hydrogen-bond acceptors (Lipinski definition) is 2. The van der Waals surface area contributed by atoms with E-state index in [1.807, 2.05) is 6.92 Å². The number of pyridine rings is 1. The Bertz CT molecular complexity index is 553. The van der Waals surface area contributed by atoms with Gasteiger partial charge in [0.25, 0.3) is 0 Å². The Hall–Kier alpha value is -1.71. The first-order valence-corrected chi connectivity index (χ1v) is 5.62. The summed E-state index contributed by atoms with van der Waals surface area (Å²) in [4.78, 5) is 4.15. The van der Waals surface area contributed by atoms with Crippen molar-refractivity contribution in [2.75, 3.05) is 12.4 Å². The van der Waals surface area contributed by atoms with Gasteiger partial charge >= 0.3 is 0 Å². The van der Waals surface area contributed by atoms with E-state index in [-0.39, 0.29) is 10.9 Å². The lowest BCUT2D eigenvalue weighted by atomic mass is 10.1. The quantitative estimate of drug-likeness (QED) is 0.882. The van der Waals surface area contributed by atoms with E-state index in [1.54, 1.807) is 13.1 Å². The molecule has 0 bridgehead atoms. The van der Waals surface area contributed by atoms with E-state index in [1.165, 1.54) is 0 Å². The highest BCUT2D eigenvalue weighted by molar-refractivity contribution is 5.82. The van der Waals surface area contributed by atoms with E-state index < -0.39 is 11.6 Å². The molecule has 0 saturated carbocycles. The summed E-state index contributed by atoms with van der Waals surface area (Å²) in [5.41, 5.74) is 0.987. The molecule has 0 amide bonds. The van der Waals surface area contributed by atoms with Gasteiger partial charge < -0.3 is 5.32 Å². The van der Waals surface area contributed by atoms with Crippen molar-refractivity contribution in [3.8, 4) is 0 Å². The van der Waals surface area contributed by atoms with Crippen molar-refractivity contribution < 1.29 is 8.78 Å². The predicted molar refractivity (Wildman–Crippen MR) is 65.2 cm³/mol. The molecule has 0 spiro atoms. The first-order valence-electron chi connectivity index (χ1n) is 5.62. The lowest BCUT2D eigenvalue weighted by Gasteiger charge is -2.10. The maximum Gasteiger partial charge on any atom is 0.149 e. The zero-order chi connectivity index (χ0) is 12.4. The number of aryl methyl sites for hydroxylation is 1. The van der Waals surface area contributed by atoms with Crippen molar-refractivity contribution in [3.63, 3.8) is 0 Å². The summed E-state index contributed by atoms with van der Waals surface area (Å²) in [6, 6.07) is 3.91. The highest BCUT2D eigenvalue weighted by atomic mass is 19.1. The average Bonchev–Trinajstić information content (AvgIpc) is 2.34. The van der Waals surface area contributed by atoms with Gasteiger partial charge in [-0.25, -0.2) is 13.8 Å². The van der Waals surface area contributed by atoms with E-state index in [4.69, 9.17) is 0 Å². The van der Waals surface area contributed by atoms with Gasteiger partial charge in [-0.05, 0) is 30.2 Å². The Morgan fingerprint density at radius 3 is 2.59 bits per heavy atom. The van der Waals surface area contributed by atoms with Crippen LogP contribution in [-0.4, -0.2) is 12.0 Å². The van der Waals surface area contributed by atoms with Crippen LogP contribution in [0.2, 0.25) is 0 Å². The summed E-state index contributed by atoms with van der Waals surface area (Å²) in [5.74, 6) is -0.321. The van der Waals surface area contributed by atoms with Crippen LogP contribution < -0.4 is 5.32 Å². The molecule has 0 aliphatic rings. The van der Waals surface area contributed by atoms with Crippen LogP contribution in [-0.2, 0) is 6.42 Å². The largest absolute Gasteiger partial charge is 0.373 e. The molecular weight excluding hydrogens is 222 g/mol. The second-order valence-corrected chi connectivity index (χ2v) is 3.92. The van der Waals surface area contributed by atoms with Crippen molar-refractivity contribution in [2.24, 2.45) is 0 Å². The zero-order valence-corrected chi connectivity index (χ0v) is 9.85. The molecule has 17 heavy (non-hydrogen) atoms. The first-order chi connectivity index (χ1) is 8.17. The number of nitrogens with one attached hydrogen (secondary N) is 1. The van der Waals surface area contributed by atoms with Crippen molar-refractivity contribution in [1.82, 2.24) is 4.98 Å². The minimum atomic E-state index is -0.499. The van der Waals surface area contributed by atoms with Gasteiger partial charge in [0.1, 0.15) is 23.0 Å². The van der Waals surface area contributed by atoms with Crippen LogP contribution in [0.3, 0.4) is 0 Å². The maximum absolute atomic E-state index is 13.6. The highest BCUT2D eigenvalue weighted by Gasteiger charge is 2.11. The molecule has 2 nitrogen and oxygen atoms in total. The van der Waals surface area contributed by atoms with E-state index in [2.05, 4.69) is 10.3 Å². The van der Waals surface area contributed by atoms with Crippen molar-refractivity contribution in [3.05, 3.63) is 35.4 Å². The third kappa shape index (κ3) is 2.07. The van der Waals surface area contributed by atoms with Gasteiger partial charge in [0.05, 0.1) is 0 Å². The molecule has 0 unspecified atom stereocenters. The summed E-state index contributed by atoms with van der Waals surface area (Å²) in [6.07, 6.45) is 1.72. The maximum atomic E-state index is 13.6. The van der Waals surface area contributed by atoms with Gasteiger partial charge in [-0.3, -0.25) is 0 Å². The minimum absolute atomic E-state index is 0.0780.